The third kappa shape index (κ3) is 4.41. The van der Waals surface area contributed by atoms with Gasteiger partial charge in [0.2, 0.25) is 0 Å². The highest BCUT2D eigenvalue weighted by molar-refractivity contribution is 6.18. The van der Waals surface area contributed by atoms with Crippen molar-refractivity contribution < 1.29 is 0 Å². The van der Waals surface area contributed by atoms with Crippen LogP contribution in [-0.2, 0) is 0 Å². The number of halogens is 1. The molecular formula is C6H14ClN. The molecular weight excluding hydrogens is 122 g/mol. The predicted molar refractivity (Wildman–Crippen MR) is 38.4 cm³/mol. The standard InChI is InChI=1S/C6H14ClN/c1-3-8-5-6(2)4-7/h6,8H,3-5H2,1-2H3. The zero-order valence-electron chi connectivity index (χ0n) is 5.58. The van der Waals surface area contributed by atoms with Gasteiger partial charge in [0.15, 0.2) is 0 Å². The van der Waals surface area contributed by atoms with Crippen LogP contribution in [0.1, 0.15) is 13.8 Å². The van der Waals surface area contributed by atoms with Crippen molar-refractivity contribution in [2.75, 3.05) is 19.0 Å². The SMILES string of the molecule is CCNCC(C)CCl. The maximum Gasteiger partial charge on any atom is 0.0261 e. The van der Waals surface area contributed by atoms with E-state index in [9.17, 15) is 0 Å². The van der Waals surface area contributed by atoms with E-state index in [0.29, 0.717) is 5.92 Å². The molecule has 0 aliphatic carbocycles. The van der Waals surface area contributed by atoms with Crippen LogP contribution < -0.4 is 5.32 Å². The van der Waals surface area contributed by atoms with Crippen LogP contribution >= 0.6 is 11.6 Å². The Bertz CT molecular complexity index is 47.8. The lowest BCUT2D eigenvalue weighted by Crippen LogP contribution is -2.21. The summed E-state index contributed by atoms with van der Waals surface area (Å²) in [4.78, 5) is 0. The van der Waals surface area contributed by atoms with E-state index < -0.39 is 0 Å². The Hall–Kier alpha value is 0.250. The minimum absolute atomic E-state index is 0.608. The fraction of sp³-hybridized carbons (Fsp3) is 1.00. The van der Waals surface area contributed by atoms with Crippen LogP contribution in [-0.4, -0.2) is 19.0 Å². The molecule has 0 radical (unpaired) electrons. The summed E-state index contributed by atoms with van der Waals surface area (Å²) < 4.78 is 0. The van der Waals surface area contributed by atoms with Gasteiger partial charge >= 0.3 is 0 Å². The van der Waals surface area contributed by atoms with Crippen molar-refractivity contribution in [3.05, 3.63) is 0 Å². The normalized spacial score (nSPS) is 13.9. The molecule has 0 saturated heterocycles. The molecule has 0 heterocycles. The molecule has 1 N–H and O–H groups in total. The largest absolute Gasteiger partial charge is 0.317 e. The van der Waals surface area contributed by atoms with E-state index in [0.717, 1.165) is 19.0 Å². The van der Waals surface area contributed by atoms with Gasteiger partial charge in [0.25, 0.3) is 0 Å². The van der Waals surface area contributed by atoms with Crippen LogP contribution in [0.15, 0.2) is 0 Å². The average molecular weight is 136 g/mol. The second-order valence-corrected chi connectivity index (χ2v) is 2.38. The fourth-order valence-corrected chi connectivity index (χ4v) is 0.554. The quantitative estimate of drug-likeness (QED) is 0.576. The second-order valence-electron chi connectivity index (χ2n) is 2.07. The number of hydrogen-bond acceptors (Lipinski definition) is 1. The van der Waals surface area contributed by atoms with Gasteiger partial charge in [-0.1, -0.05) is 13.8 Å². The lowest BCUT2D eigenvalue weighted by molar-refractivity contribution is 0.571. The highest BCUT2D eigenvalue weighted by Crippen LogP contribution is 1.93. The summed E-state index contributed by atoms with van der Waals surface area (Å²) >= 11 is 5.55. The van der Waals surface area contributed by atoms with Crippen LogP contribution in [0.25, 0.3) is 0 Å². The minimum Gasteiger partial charge on any atom is -0.317 e. The van der Waals surface area contributed by atoms with Crippen molar-refractivity contribution in [3.63, 3.8) is 0 Å². The Kier molecular flexibility index (Phi) is 5.56. The lowest BCUT2D eigenvalue weighted by atomic mass is 10.2. The highest BCUT2D eigenvalue weighted by atomic mass is 35.5. The van der Waals surface area contributed by atoms with Crippen molar-refractivity contribution in [3.8, 4) is 0 Å². The molecule has 0 aromatic carbocycles. The van der Waals surface area contributed by atoms with Crippen molar-refractivity contribution in [2.45, 2.75) is 13.8 Å². The van der Waals surface area contributed by atoms with Crippen LogP contribution in [0.5, 0.6) is 0 Å². The van der Waals surface area contributed by atoms with Gasteiger partial charge in [0, 0.05) is 5.88 Å². The summed E-state index contributed by atoms with van der Waals surface area (Å²) in [5, 5.41) is 3.21. The van der Waals surface area contributed by atoms with Crippen LogP contribution in [0, 0.1) is 5.92 Å². The average Bonchev–Trinajstić information content (AvgIpc) is 1.83. The molecule has 0 aliphatic heterocycles. The fourth-order valence-electron chi connectivity index (χ4n) is 0.445. The topological polar surface area (TPSA) is 12.0 Å². The third-order valence-electron chi connectivity index (χ3n) is 1.01. The molecule has 0 saturated carbocycles. The van der Waals surface area contributed by atoms with Gasteiger partial charge in [0.05, 0.1) is 0 Å². The molecule has 0 fully saturated rings. The summed E-state index contributed by atoms with van der Waals surface area (Å²) in [5.41, 5.74) is 0. The minimum atomic E-state index is 0.608. The Balaban J connectivity index is 2.86. The number of rotatable bonds is 4. The lowest BCUT2D eigenvalue weighted by Gasteiger charge is -2.05. The van der Waals surface area contributed by atoms with Crippen molar-refractivity contribution >= 4 is 11.6 Å². The predicted octanol–water partition coefficient (Wildman–Crippen LogP) is 1.47. The first kappa shape index (κ1) is 8.25. The Labute approximate surface area is 56.4 Å². The van der Waals surface area contributed by atoms with Crippen LogP contribution in [0.4, 0.5) is 0 Å². The molecule has 8 heavy (non-hydrogen) atoms. The Morgan fingerprint density at radius 3 is 2.62 bits per heavy atom. The molecule has 1 atom stereocenters. The molecule has 0 aliphatic rings. The van der Waals surface area contributed by atoms with E-state index in [1.807, 2.05) is 0 Å². The summed E-state index contributed by atoms with van der Waals surface area (Å²) in [6.45, 7) is 6.32. The first-order valence-corrected chi connectivity index (χ1v) is 3.61. The Morgan fingerprint density at radius 2 is 2.25 bits per heavy atom. The summed E-state index contributed by atoms with van der Waals surface area (Å²) in [5.74, 6) is 1.36. The van der Waals surface area contributed by atoms with Crippen molar-refractivity contribution in [2.24, 2.45) is 5.92 Å². The molecule has 1 nitrogen and oxygen atoms in total. The van der Waals surface area contributed by atoms with Crippen molar-refractivity contribution in [1.29, 1.82) is 0 Å². The van der Waals surface area contributed by atoms with Gasteiger partial charge in [-0.2, -0.15) is 0 Å². The zero-order chi connectivity index (χ0) is 6.41. The van der Waals surface area contributed by atoms with Gasteiger partial charge in [0.1, 0.15) is 0 Å². The molecule has 50 valence electrons. The van der Waals surface area contributed by atoms with Gasteiger partial charge in [-0.25, -0.2) is 0 Å². The van der Waals surface area contributed by atoms with Crippen LogP contribution in [0.3, 0.4) is 0 Å². The van der Waals surface area contributed by atoms with E-state index in [-0.39, 0.29) is 0 Å². The molecule has 0 bridgehead atoms. The number of hydrogen-bond donors (Lipinski definition) is 1. The molecule has 0 aromatic rings. The molecule has 0 aromatic heterocycles. The smallest absolute Gasteiger partial charge is 0.0261 e. The maximum atomic E-state index is 5.55. The van der Waals surface area contributed by atoms with Gasteiger partial charge in [-0.05, 0) is 19.0 Å². The van der Waals surface area contributed by atoms with E-state index in [1.165, 1.54) is 0 Å². The van der Waals surface area contributed by atoms with Gasteiger partial charge in [-0.15, -0.1) is 11.6 Å². The highest BCUT2D eigenvalue weighted by Gasteiger charge is 1.95. The molecule has 0 rings (SSSR count). The summed E-state index contributed by atoms with van der Waals surface area (Å²) in [6, 6.07) is 0. The molecule has 0 spiro atoms. The first-order valence-electron chi connectivity index (χ1n) is 3.08. The monoisotopic (exact) mass is 135 g/mol. The van der Waals surface area contributed by atoms with Crippen molar-refractivity contribution in [1.82, 2.24) is 5.32 Å². The maximum absolute atomic E-state index is 5.55. The van der Waals surface area contributed by atoms with E-state index in [2.05, 4.69) is 19.2 Å². The third-order valence-corrected chi connectivity index (χ3v) is 1.53. The van der Waals surface area contributed by atoms with E-state index in [4.69, 9.17) is 11.6 Å². The van der Waals surface area contributed by atoms with E-state index >= 15 is 0 Å². The number of alkyl halides is 1. The Morgan fingerprint density at radius 1 is 1.62 bits per heavy atom. The molecule has 1 unspecified atom stereocenters. The summed E-state index contributed by atoms with van der Waals surface area (Å²) in [7, 11) is 0. The molecule has 2 heteroatoms. The van der Waals surface area contributed by atoms with Gasteiger partial charge in [-0.3, -0.25) is 0 Å². The summed E-state index contributed by atoms with van der Waals surface area (Å²) in [6.07, 6.45) is 0. The van der Waals surface area contributed by atoms with E-state index in [1.54, 1.807) is 0 Å². The van der Waals surface area contributed by atoms with Crippen LogP contribution in [0.2, 0.25) is 0 Å². The molecule has 0 amide bonds. The zero-order valence-corrected chi connectivity index (χ0v) is 6.33. The number of nitrogens with one attached hydrogen (secondary N) is 1. The first-order chi connectivity index (χ1) is 3.81. The van der Waals surface area contributed by atoms with Gasteiger partial charge < -0.3 is 5.32 Å². The second kappa shape index (κ2) is 5.39.